The van der Waals surface area contributed by atoms with Crippen LogP contribution in [0.3, 0.4) is 0 Å². The molecular weight excluding hydrogens is 380 g/mol. The zero-order valence-corrected chi connectivity index (χ0v) is 15.1. The van der Waals surface area contributed by atoms with Gasteiger partial charge in [0, 0.05) is 11.0 Å². The Morgan fingerprint density at radius 1 is 1.33 bits per heavy atom. The fourth-order valence-electron chi connectivity index (χ4n) is 1.46. The minimum atomic E-state index is -3.78. The van der Waals surface area contributed by atoms with E-state index in [0.717, 1.165) is 0 Å². The molecule has 0 aromatic heterocycles. The summed E-state index contributed by atoms with van der Waals surface area (Å²) >= 11 is 9.00. The fraction of sp³-hybridized carbons (Fsp3) is 0.462. The van der Waals surface area contributed by atoms with Crippen molar-refractivity contribution in [2.24, 2.45) is 5.92 Å². The number of benzene rings is 1. The van der Waals surface area contributed by atoms with E-state index in [4.69, 9.17) is 11.6 Å². The molecule has 0 aliphatic carbocycles. The van der Waals surface area contributed by atoms with Gasteiger partial charge >= 0.3 is 0 Å². The summed E-state index contributed by atoms with van der Waals surface area (Å²) in [6, 6.07) is 3.39. The number of carbonyl (C=O) groups is 1. The van der Waals surface area contributed by atoms with Crippen molar-refractivity contribution in [2.75, 3.05) is 6.54 Å². The highest BCUT2D eigenvalue weighted by Gasteiger charge is 2.22. The van der Waals surface area contributed by atoms with Crippen LogP contribution in [0.4, 0.5) is 0 Å². The molecule has 0 saturated carbocycles. The summed E-state index contributed by atoms with van der Waals surface area (Å²) in [4.78, 5) is 11.9. The van der Waals surface area contributed by atoms with Crippen LogP contribution in [0.15, 0.2) is 27.6 Å². The van der Waals surface area contributed by atoms with Gasteiger partial charge in [0.25, 0.3) is 0 Å². The van der Waals surface area contributed by atoms with Crippen molar-refractivity contribution in [1.29, 1.82) is 0 Å². The Morgan fingerprint density at radius 2 is 1.95 bits per heavy atom. The second kappa shape index (κ2) is 7.58. The molecule has 0 fully saturated rings. The van der Waals surface area contributed by atoms with Crippen LogP contribution in [0.1, 0.15) is 20.8 Å². The van der Waals surface area contributed by atoms with Gasteiger partial charge in [-0.3, -0.25) is 4.79 Å². The van der Waals surface area contributed by atoms with Crippen molar-refractivity contribution in [1.82, 2.24) is 10.0 Å². The molecule has 5 nitrogen and oxygen atoms in total. The van der Waals surface area contributed by atoms with Gasteiger partial charge in [0.05, 0.1) is 16.0 Å². The molecule has 0 saturated heterocycles. The molecule has 0 heterocycles. The highest BCUT2D eigenvalue weighted by molar-refractivity contribution is 9.10. The smallest absolute Gasteiger partial charge is 0.241 e. The van der Waals surface area contributed by atoms with Gasteiger partial charge in [-0.15, -0.1) is 0 Å². The van der Waals surface area contributed by atoms with Crippen LogP contribution < -0.4 is 10.0 Å². The normalized spacial score (nSPS) is 13.2. The van der Waals surface area contributed by atoms with Gasteiger partial charge in [-0.25, -0.2) is 8.42 Å². The molecule has 21 heavy (non-hydrogen) atoms. The van der Waals surface area contributed by atoms with Crippen molar-refractivity contribution in [3.05, 3.63) is 27.7 Å². The van der Waals surface area contributed by atoms with Crippen molar-refractivity contribution in [3.63, 3.8) is 0 Å². The summed E-state index contributed by atoms with van der Waals surface area (Å²) in [5.74, 6) is -0.0646. The lowest BCUT2D eigenvalue weighted by molar-refractivity contribution is -0.122. The average molecular weight is 398 g/mol. The first-order chi connectivity index (χ1) is 9.63. The first-order valence-corrected chi connectivity index (χ1v) is 9.04. The molecule has 1 amide bonds. The van der Waals surface area contributed by atoms with Gasteiger partial charge in [-0.1, -0.05) is 25.4 Å². The van der Waals surface area contributed by atoms with Gasteiger partial charge in [-0.05, 0) is 47.0 Å². The van der Waals surface area contributed by atoms with Crippen LogP contribution in [0.2, 0.25) is 5.02 Å². The van der Waals surface area contributed by atoms with E-state index in [1.54, 1.807) is 0 Å². The highest BCUT2D eigenvalue weighted by Crippen LogP contribution is 2.25. The lowest BCUT2D eigenvalue weighted by Gasteiger charge is -2.15. The van der Waals surface area contributed by atoms with Gasteiger partial charge in [0.15, 0.2) is 0 Å². The van der Waals surface area contributed by atoms with Crippen LogP contribution in [0.25, 0.3) is 0 Å². The number of hydrogen-bond donors (Lipinski definition) is 2. The van der Waals surface area contributed by atoms with E-state index in [9.17, 15) is 13.2 Å². The van der Waals surface area contributed by atoms with E-state index in [0.29, 0.717) is 22.0 Å². The minimum Gasteiger partial charge on any atom is -0.354 e. The van der Waals surface area contributed by atoms with Crippen molar-refractivity contribution in [3.8, 4) is 0 Å². The van der Waals surface area contributed by atoms with E-state index in [-0.39, 0.29) is 10.8 Å². The second-order valence-electron chi connectivity index (χ2n) is 5.06. The predicted molar refractivity (Wildman–Crippen MR) is 86.8 cm³/mol. The van der Waals surface area contributed by atoms with Crippen LogP contribution in [0.5, 0.6) is 0 Å². The molecule has 0 spiro atoms. The molecule has 1 unspecified atom stereocenters. The summed E-state index contributed by atoms with van der Waals surface area (Å²) in [6.45, 7) is 5.91. The summed E-state index contributed by atoms with van der Waals surface area (Å²) in [5, 5.41) is 3.09. The molecule has 118 valence electrons. The standard InChI is InChI=1S/C13H18BrClN2O3S/c1-8(2)7-16-13(18)9(3)17-21(19,20)10-4-5-12(15)11(14)6-10/h4-6,8-9,17H,7H2,1-3H3,(H,16,18). The Labute approximate surface area is 138 Å². The Morgan fingerprint density at radius 3 is 2.48 bits per heavy atom. The van der Waals surface area contributed by atoms with Crippen molar-refractivity contribution >= 4 is 43.5 Å². The number of halogens is 2. The molecule has 1 rings (SSSR count). The number of carbonyl (C=O) groups excluding carboxylic acids is 1. The van der Waals surface area contributed by atoms with Gasteiger partial charge in [0.2, 0.25) is 15.9 Å². The largest absolute Gasteiger partial charge is 0.354 e. The quantitative estimate of drug-likeness (QED) is 0.774. The Balaban J connectivity index is 2.80. The number of sulfonamides is 1. The molecule has 1 aromatic carbocycles. The molecule has 0 radical (unpaired) electrons. The number of amides is 1. The zero-order valence-electron chi connectivity index (χ0n) is 12.0. The first-order valence-electron chi connectivity index (χ1n) is 6.38. The zero-order chi connectivity index (χ0) is 16.2. The number of rotatable bonds is 6. The van der Waals surface area contributed by atoms with Crippen molar-refractivity contribution in [2.45, 2.75) is 31.7 Å². The highest BCUT2D eigenvalue weighted by atomic mass is 79.9. The maximum Gasteiger partial charge on any atom is 0.241 e. The third-order valence-electron chi connectivity index (χ3n) is 2.61. The van der Waals surface area contributed by atoms with Crippen LogP contribution in [0, 0.1) is 5.92 Å². The number of nitrogens with one attached hydrogen (secondary N) is 2. The molecule has 1 atom stereocenters. The lowest BCUT2D eigenvalue weighted by Crippen LogP contribution is -2.45. The Kier molecular flexibility index (Phi) is 6.65. The Bertz CT molecular complexity index is 620. The molecule has 0 aliphatic rings. The summed E-state index contributed by atoms with van der Waals surface area (Å²) in [5.41, 5.74) is 0. The average Bonchev–Trinajstić information content (AvgIpc) is 2.38. The van der Waals surface area contributed by atoms with E-state index in [1.807, 2.05) is 13.8 Å². The van der Waals surface area contributed by atoms with E-state index < -0.39 is 16.1 Å². The van der Waals surface area contributed by atoms with Gasteiger partial charge in [-0.2, -0.15) is 4.72 Å². The maximum atomic E-state index is 12.2. The van der Waals surface area contributed by atoms with E-state index in [2.05, 4.69) is 26.0 Å². The Hall–Kier alpha value is -0.630. The molecule has 0 bridgehead atoms. The predicted octanol–water partition coefficient (Wildman–Crippen LogP) is 2.54. The molecule has 0 aliphatic heterocycles. The topological polar surface area (TPSA) is 75.3 Å². The van der Waals surface area contributed by atoms with Gasteiger partial charge in [0.1, 0.15) is 0 Å². The first kappa shape index (κ1) is 18.4. The summed E-state index contributed by atoms with van der Waals surface area (Å²) in [6.07, 6.45) is 0. The number of hydrogen-bond acceptors (Lipinski definition) is 3. The summed E-state index contributed by atoms with van der Waals surface area (Å²) < 4.78 is 27.2. The summed E-state index contributed by atoms with van der Waals surface area (Å²) in [7, 11) is -3.78. The van der Waals surface area contributed by atoms with Crippen LogP contribution in [-0.2, 0) is 14.8 Å². The van der Waals surface area contributed by atoms with E-state index in [1.165, 1.54) is 25.1 Å². The SMILES string of the molecule is CC(C)CNC(=O)C(C)NS(=O)(=O)c1ccc(Cl)c(Br)c1. The minimum absolute atomic E-state index is 0.0438. The third kappa shape index (κ3) is 5.58. The third-order valence-corrected chi connectivity index (χ3v) is 5.36. The maximum absolute atomic E-state index is 12.2. The molecule has 2 N–H and O–H groups in total. The molecule has 1 aromatic rings. The lowest BCUT2D eigenvalue weighted by atomic mass is 10.2. The molecular formula is C13H18BrClN2O3S. The monoisotopic (exact) mass is 396 g/mol. The molecule has 8 heteroatoms. The van der Waals surface area contributed by atoms with Crippen molar-refractivity contribution < 1.29 is 13.2 Å². The second-order valence-corrected chi connectivity index (χ2v) is 8.03. The fourth-order valence-corrected chi connectivity index (χ4v) is 3.33. The van der Waals surface area contributed by atoms with Gasteiger partial charge < -0.3 is 5.32 Å². The van der Waals surface area contributed by atoms with E-state index >= 15 is 0 Å². The van der Waals surface area contributed by atoms with Crippen LogP contribution in [-0.4, -0.2) is 26.9 Å². The van der Waals surface area contributed by atoms with Crippen LogP contribution >= 0.6 is 27.5 Å².